The van der Waals surface area contributed by atoms with Crippen LogP contribution in [0.15, 0.2) is 36.5 Å². The topological polar surface area (TPSA) is 55.2 Å². The second-order valence-corrected chi connectivity index (χ2v) is 5.78. The van der Waals surface area contributed by atoms with E-state index in [1.54, 1.807) is 35.0 Å². The predicted octanol–water partition coefficient (Wildman–Crippen LogP) is 2.29. The molecular weight excluding hydrogens is 297 g/mol. The Morgan fingerprint density at radius 1 is 1.22 bits per heavy atom. The molecule has 0 saturated carbocycles. The molecule has 120 valence electrons. The zero-order valence-electron chi connectivity index (χ0n) is 12.9. The fourth-order valence-corrected chi connectivity index (χ4v) is 2.97. The van der Waals surface area contributed by atoms with Crippen LogP contribution in [-0.2, 0) is 7.05 Å². The summed E-state index contributed by atoms with van der Waals surface area (Å²) in [5.74, 6) is -0.627. The molecule has 3 rings (SSSR count). The van der Waals surface area contributed by atoms with Crippen LogP contribution in [0.3, 0.4) is 0 Å². The van der Waals surface area contributed by atoms with Crippen LogP contribution in [0.1, 0.15) is 33.7 Å². The highest BCUT2D eigenvalue weighted by Gasteiger charge is 2.29. The van der Waals surface area contributed by atoms with Crippen molar-refractivity contribution in [3.63, 3.8) is 0 Å². The number of hydrogen-bond donors (Lipinski definition) is 0. The summed E-state index contributed by atoms with van der Waals surface area (Å²) in [6.07, 6.45) is 2.84. The summed E-state index contributed by atoms with van der Waals surface area (Å²) in [4.78, 5) is 26.5. The summed E-state index contributed by atoms with van der Waals surface area (Å²) >= 11 is 0. The number of nitrogens with zero attached hydrogens (tertiary/aromatic N) is 3. The van der Waals surface area contributed by atoms with E-state index in [2.05, 4.69) is 5.10 Å². The number of likely N-dealkylation sites (tertiary alicyclic amines) is 1. The Labute approximate surface area is 133 Å². The van der Waals surface area contributed by atoms with Crippen molar-refractivity contribution in [3.8, 4) is 0 Å². The molecule has 23 heavy (non-hydrogen) atoms. The first kappa shape index (κ1) is 15.4. The average Bonchev–Trinajstić information content (AvgIpc) is 3.00. The van der Waals surface area contributed by atoms with Gasteiger partial charge in [0.1, 0.15) is 11.5 Å². The lowest BCUT2D eigenvalue weighted by atomic mass is 9.90. The van der Waals surface area contributed by atoms with Crippen molar-refractivity contribution in [1.29, 1.82) is 0 Å². The molecule has 6 heteroatoms. The van der Waals surface area contributed by atoms with Crippen LogP contribution in [0.5, 0.6) is 0 Å². The van der Waals surface area contributed by atoms with Crippen LogP contribution < -0.4 is 0 Å². The minimum atomic E-state index is -0.419. The molecule has 0 bridgehead atoms. The van der Waals surface area contributed by atoms with Gasteiger partial charge in [0.15, 0.2) is 5.78 Å². The highest BCUT2D eigenvalue weighted by molar-refractivity contribution is 5.97. The van der Waals surface area contributed by atoms with Crippen molar-refractivity contribution >= 4 is 11.7 Å². The fraction of sp³-hybridized carbons (Fsp3) is 0.353. The number of Topliss-reactive ketones (excluding diaryl/α,β-unsaturated/α-hetero) is 1. The summed E-state index contributed by atoms with van der Waals surface area (Å²) in [5, 5.41) is 4.02. The first-order valence-electron chi connectivity index (χ1n) is 7.63. The molecule has 1 amide bonds. The monoisotopic (exact) mass is 315 g/mol. The van der Waals surface area contributed by atoms with Gasteiger partial charge in [-0.25, -0.2) is 4.39 Å². The Kier molecular flexibility index (Phi) is 4.23. The maximum Gasteiger partial charge on any atom is 0.253 e. The first-order valence-corrected chi connectivity index (χ1v) is 7.63. The quantitative estimate of drug-likeness (QED) is 0.817. The van der Waals surface area contributed by atoms with Crippen molar-refractivity contribution in [2.45, 2.75) is 12.8 Å². The van der Waals surface area contributed by atoms with Crippen molar-refractivity contribution < 1.29 is 14.0 Å². The third kappa shape index (κ3) is 3.16. The van der Waals surface area contributed by atoms with E-state index in [0.717, 1.165) is 0 Å². The molecule has 1 saturated heterocycles. The van der Waals surface area contributed by atoms with Crippen LogP contribution in [0.4, 0.5) is 4.39 Å². The molecule has 1 aromatic heterocycles. The van der Waals surface area contributed by atoms with Gasteiger partial charge in [-0.3, -0.25) is 14.3 Å². The van der Waals surface area contributed by atoms with E-state index in [9.17, 15) is 14.0 Å². The van der Waals surface area contributed by atoms with Gasteiger partial charge >= 0.3 is 0 Å². The molecule has 2 aromatic rings. The van der Waals surface area contributed by atoms with E-state index < -0.39 is 5.82 Å². The number of hydrogen-bond acceptors (Lipinski definition) is 3. The lowest BCUT2D eigenvalue weighted by molar-refractivity contribution is 0.0647. The number of carbonyl (C=O) groups is 2. The largest absolute Gasteiger partial charge is 0.339 e. The SMILES string of the molecule is Cn1nccc1C(=O)C1CCN(C(=O)c2cccc(F)c2)CC1. The summed E-state index contributed by atoms with van der Waals surface area (Å²) < 4.78 is 14.8. The number of ketones is 1. The Balaban J connectivity index is 1.63. The highest BCUT2D eigenvalue weighted by Crippen LogP contribution is 2.23. The maximum atomic E-state index is 13.2. The van der Waals surface area contributed by atoms with Gasteiger partial charge in [-0.05, 0) is 37.1 Å². The molecule has 0 unspecified atom stereocenters. The molecule has 1 aliphatic heterocycles. The zero-order chi connectivity index (χ0) is 16.4. The molecule has 0 radical (unpaired) electrons. The average molecular weight is 315 g/mol. The zero-order valence-corrected chi connectivity index (χ0v) is 12.9. The molecule has 1 fully saturated rings. The van der Waals surface area contributed by atoms with E-state index in [4.69, 9.17) is 0 Å². The second-order valence-electron chi connectivity index (χ2n) is 5.78. The minimum absolute atomic E-state index is 0.0721. The van der Waals surface area contributed by atoms with Crippen LogP contribution >= 0.6 is 0 Å². The standard InChI is InChI=1S/C17H18FN3O2/c1-20-15(5-8-19-20)16(22)12-6-9-21(10-7-12)17(23)13-3-2-4-14(18)11-13/h2-5,8,11-12H,6-7,9-10H2,1H3. The van der Waals surface area contributed by atoms with Gasteiger partial charge in [-0.2, -0.15) is 5.10 Å². The van der Waals surface area contributed by atoms with Crippen LogP contribution in [0, 0.1) is 11.7 Å². The Morgan fingerprint density at radius 2 is 1.96 bits per heavy atom. The van der Waals surface area contributed by atoms with Crippen molar-refractivity contribution in [2.75, 3.05) is 13.1 Å². The minimum Gasteiger partial charge on any atom is -0.339 e. The number of amides is 1. The highest BCUT2D eigenvalue weighted by atomic mass is 19.1. The van der Waals surface area contributed by atoms with E-state index in [0.29, 0.717) is 37.2 Å². The lowest BCUT2D eigenvalue weighted by Gasteiger charge is -2.31. The number of aromatic nitrogens is 2. The van der Waals surface area contributed by atoms with Crippen molar-refractivity contribution in [3.05, 3.63) is 53.6 Å². The summed E-state index contributed by atoms with van der Waals surface area (Å²) in [5.41, 5.74) is 0.946. The fourth-order valence-electron chi connectivity index (χ4n) is 2.97. The summed E-state index contributed by atoms with van der Waals surface area (Å²) in [7, 11) is 1.75. The summed E-state index contributed by atoms with van der Waals surface area (Å²) in [6, 6.07) is 7.41. The number of aryl methyl sites for hydroxylation is 1. The Hall–Kier alpha value is -2.50. The van der Waals surface area contributed by atoms with E-state index >= 15 is 0 Å². The van der Waals surface area contributed by atoms with Crippen molar-refractivity contribution in [2.24, 2.45) is 13.0 Å². The first-order chi connectivity index (χ1) is 11.1. The molecular formula is C17H18FN3O2. The normalized spacial score (nSPS) is 15.7. The molecule has 1 aliphatic rings. The number of carbonyl (C=O) groups excluding carboxylic acids is 2. The maximum absolute atomic E-state index is 13.2. The van der Waals surface area contributed by atoms with Gasteiger partial charge < -0.3 is 4.90 Å². The molecule has 0 atom stereocenters. The van der Waals surface area contributed by atoms with E-state index in [1.807, 2.05) is 0 Å². The van der Waals surface area contributed by atoms with E-state index in [1.165, 1.54) is 18.2 Å². The van der Waals surface area contributed by atoms with Crippen molar-refractivity contribution in [1.82, 2.24) is 14.7 Å². The van der Waals surface area contributed by atoms with Gasteiger partial charge in [0.25, 0.3) is 5.91 Å². The Morgan fingerprint density at radius 3 is 2.57 bits per heavy atom. The number of halogens is 1. The number of benzene rings is 1. The third-order valence-corrected chi connectivity index (χ3v) is 4.30. The smallest absolute Gasteiger partial charge is 0.253 e. The third-order valence-electron chi connectivity index (χ3n) is 4.30. The van der Waals surface area contributed by atoms with E-state index in [-0.39, 0.29) is 17.6 Å². The predicted molar refractivity (Wildman–Crippen MR) is 82.6 cm³/mol. The molecule has 1 aromatic carbocycles. The molecule has 5 nitrogen and oxygen atoms in total. The van der Waals surface area contributed by atoms with Gasteiger partial charge in [-0.1, -0.05) is 6.07 Å². The van der Waals surface area contributed by atoms with Gasteiger partial charge in [0, 0.05) is 37.8 Å². The number of rotatable bonds is 3. The van der Waals surface area contributed by atoms with Gasteiger partial charge in [0.05, 0.1) is 0 Å². The van der Waals surface area contributed by atoms with Gasteiger partial charge in [-0.15, -0.1) is 0 Å². The molecule has 0 N–H and O–H groups in total. The number of piperidine rings is 1. The van der Waals surface area contributed by atoms with Crippen LogP contribution in [0.2, 0.25) is 0 Å². The van der Waals surface area contributed by atoms with Crippen LogP contribution in [0.25, 0.3) is 0 Å². The van der Waals surface area contributed by atoms with Gasteiger partial charge in [0.2, 0.25) is 0 Å². The molecule has 0 spiro atoms. The molecule has 2 heterocycles. The lowest BCUT2D eigenvalue weighted by Crippen LogP contribution is -2.40. The van der Waals surface area contributed by atoms with Crippen LogP contribution in [-0.4, -0.2) is 39.5 Å². The summed E-state index contributed by atoms with van der Waals surface area (Å²) in [6.45, 7) is 1.01. The second kappa shape index (κ2) is 6.32. The molecule has 0 aliphatic carbocycles. The Bertz CT molecular complexity index is 733.